The van der Waals surface area contributed by atoms with E-state index in [-0.39, 0.29) is 5.82 Å². The minimum absolute atomic E-state index is 0.304. The number of halogens is 2. The molecule has 0 aliphatic heterocycles. The lowest BCUT2D eigenvalue weighted by Gasteiger charge is -2.00. The second kappa shape index (κ2) is 5.97. The highest BCUT2D eigenvalue weighted by atomic mass is 79.9. The summed E-state index contributed by atoms with van der Waals surface area (Å²) in [6.07, 6.45) is 3.15. The van der Waals surface area contributed by atoms with Crippen molar-refractivity contribution in [2.45, 2.75) is 0 Å². The fraction of sp³-hybridized carbons (Fsp3) is 0. The molecule has 6 heteroatoms. The average Bonchev–Trinajstić information content (AvgIpc) is 2.98. The molecule has 3 aromatic rings. The molecule has 0 radical (unpaired) electrons. The summed E-state index contributed by atoms with van der Waals surface area (Å²) < 4.78 is 15.2. The van der Waals surface area contributed by atoms with Gasteiger partial charge in [0.2, 0.25) is 0 Å². The van der Waals surface area contributed by atoms with Gasteiger partial charge >= 0.3 is 0 Å². The Hall–Kier alpha value is -2.34. The highest BCUT2D eigenvalue weighted by Crippen LogP contribution is 2.17. The Morgan fingerprint density at radius 2 is 1.95 bits per heavy atom. The minimum Gasteiger partial charge on any atom is -0.206 e. The zero-order chi connectivity index (χ0) is 14.7. The maximum atomic E-state index is 13.2. The number of benzene rings is 2. The van der Waals surface area contributed by atoms with Gasteiger partial charge in [0, 0.05) is 5.56 Å². The second-order valence-electron chi connectivity index (χ2n) is 4.28. The van der Waals surface area contributed by atoms with Crippen molar-refractivity contribution in [1.82, 2.24) is 14.9 Å². The van der Waals surface area contributed by atoms with Crippen LogP contribution in [0.4, 0.5) is 4.39 Å². The van der Waals surface area contributed by atoms with Crippen LogP contribution in [0, 0.1) is 5.82 Å². The van der Waals surface area contributed by atoms with Gasteiger partial charge in [0.25, 0.3) is 0 Å². The zero-order valence-corrected chi connectivity index (χ0v) is 12.4. The smallest absolute Gasteiger partial charge is 0.184 e. The molecule has 1 aromatic heterocycles. The van der Waals surface area contributed by atoms with Crippen molar-refractivity contribution in [2.75, 3.05) is 0 Å². The fourth-order valence-electron chi connectivity index (χ4n) is 1.81. The molecule has 0 fully saturated rings. The maximum absolute atomic E-state index is 13.2. The topological polar surface area (TPSA) is 43.1 Å². The number of aromatic nitrogens is 3. The summed E-state index contributed by atoms with van der Waals surface area (Å²) in [5, 5.41) is 12.2. The lowest BCUT2D eigenvalue weighted by Crippen LogP contribution is -1.93. The van der Waals surface area contributed by atoms with E-state index < -0.39 is 0 Å². The van der Waals surface area contributed by atoms with Crippen LogP contribution in [0.1, 0.15) is 5.56 Å². The summed E-state index contributed by atoms with van der Waals surface area (Å²) in [6.45, 7) is 0. The van der Waals surface area contributed by atoms with Crippen LogP contribution in [0.3, 0.4) is 0 Å². The van der Waals surface area contributed by atoms with E-state index in [1.54, 1.807) is 23.0 Å². The largest absolute Gasteiger partial charge is 0.206 e. The van der Waals surface area contributed by atoms with Crippen LogP contribution in [0.25, 0.3) is 11.4 Å². The van der Waals surface area contributed by atoms with Crippen LogP contribution in [-0.2, 0) is 0 Å². The molecule has 1 heterocycles. The van der Waals surface area contributed by atoms with Gasteiger partial charge in [-0.15, -0.1) is 10.2 Å². The predicted molar refractivity (Wildman–Crippen MR) is 82.6 cm³/mol. The Morgan fingerprint density at radius 1 is 1.14 bits per heavy atom. The summed E-state index contributed by atoms with van der Waals surface area (Å²) in [5.74, 6) is 0.342. The molecule has 0 atom stereocenters. The normalized spacial score (nSPS) is 11.1. The lowest BCUT2D eigenvalue weighted by molar-refractivity contribution is 0.621. The third-order valence-corrected chi connectivity index (χ3v) is 3.45. The number of hydrogen-bond donors (Lipinski definition) is 0. The number of rotatable bonds is 3. The van der Waals surface area contributed by atoms with E-state index in [0.29, 0.717) is 10.3 Å². The van der Waals surface area contributed by atoms with E-state index in [4.69, 9.17) is 0 Å². The lowest BCUT2D eigenvalue weighted by atomic mass is 10.2. The molecule has 0 unspecified atom stereocenters. The van der Waals surface area contributed by atoms with Crippen LogP contribution in [-0.4, -0.2) is 21.1 Å². The van der Waals surface area contributed by atoms with Crippen molar-refractivity contribution < 1.29 is 4.39 Å². The highest BCUT2D eigenvalue weighted by molar-refractivity contribution is 9.10. The average molecular weight is 345 g/mol. The summed E-state index contributed by atoms with van der Waals surface area (Å²) in [4.78, 5) is 0. The molecule has 4 nitrogen and oxygen atoms in total. The molecule has 0 bridgehead atoms. The molecule has 3 rings (SSSR count). The number of hydrogen-bond acceptors (Lipinski definition) is 3. The standard InChI is InChI=1S/C15H10BrFN4/c16-13-8-11(6-7-14(13)17)9-19-21-10-18-20-15(21)12-4-2-1-3-5-12/h1-10H/b19-9-. The van der Waals surface area contributed by atoms with Crippen molar-refractivity contribution in [2.24, 2.45) is 5.10 Å². The Morgan fingerprint density at radius 3 is 2.71 bits per heavy atom. The summed E-state index contributed by atoms with van der Waals surface area (Å²) in [6, 6.07) is 14.3. The summed E-state index contributed by atoms with van der Waals surface area (Å²) in [5.41, 5.74) is 1.70. The van der Waals surface area contributed by atoms with Gasteiger partial charge in [0.05, 0.1) is 10.7 Å². The first-order valence-electron chi connectivity index (χ1n) is 6.19. The Bertz CT molecular complexity index is 783. The van der Waals surface area contributed by atoms with Crippen LogP contribution in [0.2, 0.25) is 0 Å². The molecular weight excluding hydrogens is 335 g/mol. The van der Waals surface area contributed by atoms with Crippen LogP contribution in [0.15, 0.2) is 64.4 Å². The second-order valence-corrected chi connectivity index (χ2v) is 5.14. The molecule has 0 saturated heterocycles. The van der Waals surface area contributed by atoms with Crippen molar-refractivity contribution in [3.63, 3.8) is 0 Å². The van der Waals surface area contributed by atoms with E-state index in [0.717, 1.165) is 11.1 Å². The van der Waals surface area contributed by atoms with Gasteiger partial charge in [-0.05, 0) is 33.6 Å². The predicted octanol–water partition coefficient (Wildman–Crippen LogP) is 3.73. The van der Waals surface area contributed by atoms with E-state index >= 15 is 0 Å². The van der Waals surface area contributed by atoms with E-state index in [2.05, 4.69) is 31.2 Å². The van der Waals surface area contributed by atoms with Crippen molar-refractivity contribution in [3.05, 3.63) is 70.7 Å². The summed E-state index contributed by atoms with van der Waals surface area (Å²) in [7, 11) is 0. The zero-order valence-electron chi connectivity index (χ0n) is 10.8. The molecule has 104 valence electrons. The van der Waals surface area contributed by atoms with Crippen molar-refractivity contribution in [1.29, 1.82) is 0 Å². The molecular formula is C15H10BrFN4. The van der Waals surface area contributed by atoms with Gasteiger partial charge in [-0.3, -0.25) is 0 Å². The van der Waals surface area contributed by atoms with Gasteiger partial charge in [-0.25, -0.2) is 4.39 Å². The molecule has 0 N–H and O–H groups in total. The number of nitrogens with zero attached hydrogens (tertiary/aromatic N) is 4. The third kappa shape index (κ3) is 3.05. The van der Waals surface area contributed by atoms with Crippen LogP contribution < -0.4 is 0 Å². The monoisotopic (exact) mass is 344 g/mol. The summed E-state index contributed by atoms with van der Waals surface area (Å²) >= 11 is 3.15. The van der Waals surface area contributed by atoms with Gasteiger partial charge in [0.1, 0.15) is 12.1 Å². The fourth-order valence-corrected chi connectivity index (χ4v) is 2.21. The molecule has 0 saturated carbocycles. The first-order chi connectivity index (χ1) is 10.2. The molecule has 0 amide bonds. The van der Waals surface area contributed by atoms with Crippen LogP contribution >= 0.6 is 15.9 Å². The highest BCUT2D eigenvalue weighted by Gasteiger charge is 2.05. The quantitative estimate of drug-likeness (QED) is 0.679. The van der Waals surface area contributed by atoms with Gasteiger partial charge in [-0.2, -0.15) is 9.78 Å². The van der Waals surface area contributed by atoms with E-state index in [9.17, 15) is 4.39 Å². The van der Waals surface area contributed by atoms with Gasteiger partial charge in [-0.1, -0.05) is 36.4 Å². The third-order valence-electron chi connectivity index (χ3n) is 2.84. The Kier molecular flexibility index (Phi) is 3.87. The SMILES string of the molecule is Fc1ccc(/C=N\n2cnnc2-c2ccccc2)cc1Br. The van der Waals surface area contributed by atoms with Gasteiger partial charge in [0.15, 0.2) is 5.82 Å². The Labute approximate surface area is 129 Å². The first-order valence-corrected chi connectivity index (χ1v) is 6.98. The van der Waals surface area contributed by atoms with E-state index in [1.165, 1.54) is 12.4 Å². The van der Waals surface area contributed by atoms with Crippen LogP contribution in [0.5, 0.6) is 0 Å². The van der Waals surface area contributed by atoms with E-state index in [1.807, 2.05) is 30.3 Å². The Balaban J connectivity index is 1.90. The molecule has 0 spiro atoms. The molecule has 0 aliphatic rings. The van der Waals surface area contributed by atoms with Crippen molar-refractivity contribution >= 4 is 22.1 Å². The first kappa shape index (κ1) is 13.6. The molecule has 0 aliphatic carbocycles. The van der Waals surface area contributed by atoms with Crippen molar-refractivity contribution in [3.8, 4) is 11.4 Å². The molecule has 2 aromatic carbocycles. The maximum Gasteiger partial charge on any atom is 0.184 e. The minimum atomic E-state index is -0.304. The van der Waals surface area contributed by atoms with Gasteiger partial charge < -0.3 is 0 Å². The molecule has 21 heavy (non-hydrogen) atoms.